The molecule has 114 valence electrons. The Balaban J connectivity index is 1.99. The van der Waals surface area contributed by atoms with Gasteiger partial charge in [0.05, 0.1) is 29.9 Å². The van der Waals surface area contributed by atoms with Crippen molar-refractivity contribution in [3.8, 4) is 22.8 Å². The van der Waals surface area contributed by atoms with Gasteiger partial charge in [0.1, 0.15) is 5.76 Å². The second kappa shape index (κ2) is 4.88. The van der Waals surface area contributed by atoms with E-state index in [4.69, 9.17) is 9.15 Å². The van der Waals surface area contributed by atoms with Crippen LogP contribution < -0.4 is 10.2 Å². The summed E-state index contributed by atoms with van der Waals surface area (Å²) in [5, 5.41) is 10.5. The molecule has 23 heavy (non-hydrogen) atoms. The predicted octanol–water partition coefficient (Wildman–Crippen LogP) is 3.05. The van der Waals surface area contributed by atoms with Crippen LogP contribution >= 0.6 is 0 Å². The first-order valence-corrected chi connectivity index (χ1v) is 6.94. The zero-order chi connectivity index (χ0) is 16.0. The summed E-state index contributed by atoms with van der Waals surface area (Å²) in [5.41, 5.74) is 2.22. The number of imidazole rings is 1. The molecule has 0 unspecified atom stereocenters. The molecule has 4 aromatic rings. The van der Waals surface area contributed by atoms with Gasteiger partial charge < -0.3 is 19.2 Å². The molecule has 2 N–H and O–H groups in total. The van der Waals surface area contributed by atoms with Crippen molar-refractivity contribution < 1.29 is 14.3 Å². The minimum atomic E-state index is -0.235. The summed E-state index contributed by atoms with van der Waals surface area (Å²) in [6, 6.07) is 9.99. The summed E-state index contributed by atoms with van der Waals surface area (Å²) in [4.78, 5) is 19.5. The summed E-state index contributed by atoms with van der Waals surface area (Å²) < 4.78 is 10.8. The van der Waals surface area contributed by atoms with Crippen LogP contribution in [0.15, 0.2) is 51.9 Å². The maximum Gasteiger partial charge on any atom is 0.202 e. The highest BCUT2D eigenvalue weighted by molar-refractivity contribution is 5.87. The van der Waals surface area contributed by atoms with Crippen LogP contribution in [0.3, 0.4) is 0 Å². The highest BCUT2D eigenvalue weighted by Crippen LogP contribution is 2.35. The van der Waals surface area contributed by atoms with Gasteiger partial charge in [0, 0.05) is 11.6 Å². The number of aromatic hydroxyl groups is 1. The molecule has 4 rings (SSSR count). The van der Waals surface area contributed by atoms with Crippen molar-refractivity contribution in [3.63, 3.8) is 0 Å². The summed E-state index contributed by atoms with van der Waals surface area (Å²) in [7, 11) is 1.44. The second-order valence-corrected chi connectivity index (χ2v) is 5.10. The zero-order valence-electron chi connectivity index (χ0n) is 12.2. The fourth-order valence-electron chi connectivity index (χ4n) is 2.58. The average molecular weight is 308 g/mol. The molecule has 6 heteroatoms. The molecule has 0 radical (unpaired) electrons. The molecular weight excluding hydrogens is 296 g/mol. The van der Waals surface area contributed by atoms with Gasteiger partial charge in [-0.05, 0) is 30.3 Å². The molecule has 0 fully saturated rings. The highest BCUT2D eigenvalue weighted by atomic mass is 16.5. The number of fused-ring (bicyclic) bond motifs is 2. The molecule has 0 spiro atoms. The third-order valence-corrected chi connectivity index (χ3v) is 3.76. The van der Waals surface area contributed by atoms with Crippen LogP contribution in [0.2, 0.25) is 0 Å². The number of H-pyrrole nitrogens is 1. The Morgan fingerprint density at radius 3 is 2.91 bits per heavy atom. The van der Waals surface area contributed by atoms with Gasteiger partial charge in [-0.15, -0.1) is 0 Å². The number of nitrogens with zero attached hydrogens (tertiary/aromatic N) is 1. The fraction of sp³-hybridized carbons (Fsp3) is 0.0588. The number of hydrogen-bond donors (Lipinski definition) is 2. The number of hydrogen-bond acceptors (Lipinski definition) is 5. The number of phenolic OH excluding ortho intramolecular Hbond substituents is 1. The fourth-order valence-corrected chi connectivity index (χ4v) is 2.58. The average Bonchev–Trinajstić information content (AvgIpc) is 3.03. The van der Waals surface area contributed by atoms with Crippen molar-refractivity contribution in [3.05, 3.63) is 52.9 Å². The Morgan fingerprint density at radius 2 is 2.09 bits per heavy atom. The highest BCUT2D eigenvalue weighted by Gasteiger charge is 2.14. The lowest BCUT2D eigenvalue weighted by molar-refractivity contribution is 0.371. The van der Waals surface area contributed by atoms with Crippen molar-refractivity contribution in [1.82, 2.24) is 9.97 Å². The van der Waals surface area contributed by atoms with E-state index in [1.807, 2.05) is 18.2 Å². The third-order valence-electron chi connectivity index (χ3n) is 3.76. The molecule has 0 aliphatic rings. The predicted molar refractivity (Wildman–Crippen MR) is 85.8 cm³/mol. The molecule has 0 bridgehead atoms. The quantitative estimate of drug-likeness (QED) is 0.594. The summed E-state index contributed by atoms with van der Waals surface area (Å²) >= 11 is 0. The van der Waals surface area contributed by atoms with Crippen LogP contribution in [0, 0.1) is 0 Å². The molecule has 0 amide bonds. The molecule has 0 atom stereocenters. The Bertz CT molecular complexity index is 1090. The Hall–Kier alpha value is -3.28. The Kier molecular flexibility index (Phi) is 2.84. The first-order valence-electron chi connectivity index (χ1n) is 6.94. The standard InChI is InChI=1S/C17H12N2O4/c1-22-14-5-3-10-13(20)7-15(23-17(10)16(14)21)9-2-4-11-12(6-9)19-8-18-11/h2-8,21H,1H3,(H,18,19). The molecule has 0 aliphatic heterocycles. The summed E-state index contributed by atoms with van der Waals surface area (Å²) in [6.45, 7) is 0. The van der Waals surface area contributed by atoms with Gasteiger partial charge >= 0.3 is 0 Å². The number of methoxy groups -OCH3 is 1. The van der Waals surface area contributed by atoms with Crippen molar-refractivity contribution in [2.24, 2.45) is 0 Å². The molecule has 2 heterocycles. The lowest BCUT2D eigenvalue weighted by atomic mass is 10.1. The van der Waals surface area contributed by atoms with Gasteiger partial charge in [0.2, 0.25) is 5.75 Å². The molecular formula is C17H12N2O4. The first kappa shape index (κ1) is 13.4. The first-order chi connectivity index (χ1) is 11.2. The number of aromatic nitrogens is 2. The van der Waals surface area contributed by atoms with E-state index in [0.717, 1.165) is 11.0 Å². The normalized spacial score (nSPS) is 11.2. The van der Waals surface area contributed by atoms with Crippen molar-refractivity contribution >= 4 is 22.0 Å². The third kappa shape index (κ3) is 2.03. The number of ether oxygens (including phenoxy) is 1. The minimum absolute atomic E-state index is 0.106. The second-order valence-electron chi connectivity index (χ2n) is 5.10. The van der Waals surface area contributed by atoms with E-state index in [2.05, 4.69) is 9.97 Å². The smallest absolute Gasteiger partial charge is 0.202 e. The van der Waals surface area contributed by atoms with Crippen LogP contribution in [0.25, 0.3) is 33.3 Å². The molecule has 6 nitrogen and oxygen atoms in total. The number of benzene rings is 2. The van der Waals surface area contributed by atoms with Crippen LogP contribution in [0.1, 0.15) is 0 Å². The van der Waals surface area contributed by atoms with Crippen LogP contribution in [0.4, 0.5) is 0 Å². The Labute approximate surface area is 130 Å². The molecule has 0 aliphatic carbocycles. The van der Waals surface area contributed by atoms with E-state index in [0.29, 0.717) is 16.7 Å². The van der Waals surface area contributed by atoms with Crippen molar-refractivity contribution in [2.45, 2.75) is 0 Å². The van der Waals surface area contributed by atoms with Gasteiger partial charge in [-0.2, -0.15) is 0 Å². The minimum Gasteiger partial charge on any atom is -0.502 e. The molecule has 2 aromatic heterocycles. The van der Waals surface area contributed by atoms with E-state index in [1.165, 1.54) is 19.2 Å². The van der Waals surface area contributed by atoms with Gasteiger partial charge in [-0.3, -0.25) is 4.79 Å². The van der Waals surface area contributed by atoms with Crippen LogP contribution in [0.5, 0.6) is 11.5 Å². The summed E-state index contributed by atoms with van der Waals surface area (Å²) in [5.74, 6) is 0.418. The van der Waals surface area contributed by atoms with E-state index < -0.39 is 0 Å². The number of nitrogens with one attached hydrogen (secondary N) is 1. The lowest BCUT2D eigenvalue weighted by Gasteiger charge is -2.07. The van der Waals surface area contributed by atoms with E-state index in [-0.39, 0.29) is 22.5 Å². The van der Waals surface area contributed by atoms with Gasteiger partial charge in [0.15, 0.2) is 16.8 Å². The van der Waals surface area contributed by atoms with Crippen LogP contribution in [-0.4, -0.2) is 22.2 Å². The largest absolute Gasteiger partial charge is 0.502 e. The van der Waals surface area contributed by atoms with E-state index in [9.17, 15) is 9.90 Å². The van der Waals surface area contributed by atoms with Gasteiger partial charge in [0.25, 0.3) is 0 Å². The maximum absolute atomic E-state index is 12.3. The van der Waals surface area contributed by atoms with E-state index in [1.54, 1.807) is 12.4 Å². The Morgan fingerprint density at radius 1 is 1.22 bits per heavy atom. The number of aromatic amines is 1. The molecule has 0 saturated heterocycles. The number of phenols is 1. The van der Waals surface area contributed by atoms with E-state index >= 15 is 0 Å². The number of rotatable bonds is 2. The van der Waals surface area contributed by atoms with Crippen molar-refractivity contribution in [2.75, 3.05) is 7.11 Å². The van der Waals surface area contributed by atoms with Crippen LogP contribution in [-0.2, 0) is 0 Å². The van der Waals surface area contributed by atoms with Gasteiger partial charge in [-0.1, -0.05) is 0 Å². The maximum atomic E-state index is 12.3. The van der Waals surface area contributed by atoms with Crippen molar-refractivity contribution in [1.29, 1.82) is 0 Å². The van der Waals surface area contributed by atoms with Gasteiger partial charge in [-0.25, -0.2) is 4.98 Å². The summed E-state index contributed by atoms with van der Waals surface area (Å²) in [6.07, 6.45) is 1.60. The SMILES string of the molecule is COc1ccc2c(=O)cc(-c3ccc4[nH]cnc4c3)oc2c1O. The topological polar surface area (TPSA) is 88.4 Å². The molecule has 0 saturated carbocycles. The monoisotopic (exact) mass is 308 g/mol. The lowest BCUT2D eigenvalue weighted by Crippen LogP contribution is -2.01. The zero-order valence-corrected chi connectivity index (χ0v) is 12.2. The molecule has 2 aromatic carbocycles.